The van der Waals surface area contributed by atoms with Crippen LogP contribution in [0.15, 0.2) is 60.3 Å². The predicted octanol–water partition coefficient (Wildman–Crippen LogP) is 4.10. The van der Waals surface area contributed by atoms with Gasteiger partial charge in [-0.2, -0.15) is 0 Å². The Morgan fingerprint density at radius 2 is 1.60 bits per heavy atom. The summed E-state index contributed by atoms with van der Waals surface area (Å²) in [6.45, 7) is 6.65. The Morgan fingerprint density at radius 3 is 2.23 bits per heavy atom. The lowest BCUT2D eigenvalue weighted by Gasteiger charge is -2.32. The van der Waals surface area contributed by atoms with Gasteiger partial charge >= 0.3 is 0 Å². The predicted molar refractivity (Wildman–Crippen MR) is 117 cm³/mol. The Hall–Kier alpha value is -3.08. The fourth-order valence-electron chi connectivity index (χ4n) is 4.14. The topological polar surface area (TPSA) is 49.9 Å². The van der Waals surface area contributed by atoms with E-state index in [9.17, 15) is 9.59 Å². The molecule has 5 nitrogen and oxygen atoms in total. The first-order chi connectivity index (χ1) is 14.6. The van der Waals surface area contributed by atoms with Gasteiger partial charge in [-0.15, -0.1) is 0 Å². The summed E-state index contributed by atoms with van der Waals surface area (Å²) in [4.78, 5) is 30.4. The fourth-order valence-corrected chi connectivity index (χ4v) is 4.14. The zero-order chi connectivity index (χ0) is 21.1. The van der Waals surface area contributed by atoms with Crippen molar-refractivity contribution in [2.45, 2.75) is 33.2 Å². The van der Waals surface area contributed by atoms with Crippen LogP contribution in [0.3, 0.4) is 0 Å². The molecule has 4 rings (SSSR count). The molecule has 156 valence electrons. The first-order valence-electron chi connectivity index (χ1n) is 10.7. The van der Waals surface area contributed by atoms with E-state index < -0.39 is 0 Å². The molecule has 0 radical (unpaired) electrons. The number of rotatable bonds is 6. The fraction of sp³-hybridized carbons (Fsp3) is 0.360. The van der Waals surface area contributed by atoms with Gasteiger partial charge in [-0.1, -0.05) is 49.4 Å². The average molecular weight is 405 g/mol. The molecule has 5 heteroatoms. The minimum atomic E-state index is -0.221. The van der Waals surface area contributed by atoms with Crippen LogP contribution in [0.2, 0.25) is 0 Å². The highest BCUT2D eigenvalue weighted by Crippen LogP contribution is 2.35. The van der Waals surface area contributed by atoms with E-state index in [0.717, 1.165) is 42.8 Å². The summed E-state index contributed by atoms with van der Waals surface area (Å²) in [7, 11) is 0. The Bertz CT molecular complexity index is 942. The van der Waals surface area contributed by atoms with Crippen LogP contribution in [0.1, 0.15) is 37.8 Å². The second-order valence-electron chi connectivity index (χ2n) is 8.03. The van der Waals surface area contributed by atoms with Crippen LogP contribution in [-0.4, -0.2) is 41.3 Å². The number of likely N-dealkylation sites (tertiary alicyclic amines) is 1. The third-order valence-corrected chi connectivity index (χ3v) is 5.88. The molecular weight excluding hydrogens is 376 g/mol. The number of ether oxygens (including phenoxy) is 1. The normalized spacial score (nSPS) is 17.8. The van der Waals surface area contributed by atoms with Crippen LogP contribution in [0.4, 0.5) is 0 Å². The van der Waals surface area contributed by atoms with Crippen LogP contribution in [-0.2, 0) is 16.1 Å². The van der Waals surface area contributed by atoms with Crippen molar-refractivity contribution in [3.63, 3.8) is 0 Å². The molecule has 0 atom stereocenters. The van der Waals surface area contributed by atoms with Crippen molar-refractivity contribution < 1.29 is 14.3 Å². The minimum absolute atomic E-state index is 0.192. The highest BCUT2D eigenvalue weighted by atomic mass is 16.5. The monoisotopic (exact) mass is 404 g/mol. The molecule has 0 N–H and O–H groups in total. The highest BCUT2D eigenvalue weighted by Gasteiger charge is 2.42. The molecule has 30 heavy (non-hydrogen) atoms. The number of hydrogen-bond acceptors (Lipinski definition) is 4. The van der Waals surface area contributed by atoms with Gasteiger partial charge in [0, 0.05) is 13.1 Å². The maximum Gasteiger partial charge on any atom is 0.278 e. The molecule has 1 saturated heterocycles. The zero-order valence-electron chi connectivity index (χ0n) is 17.6. The van der Waals surface area contributed by atoms with E-state index in [1.165, 1.54) is 4.90 Å². The number of carbonyl (C=O) groups is 2. The third-order valence-electron chi connectivity index (χ3n) is 5.88. The van der Waals surface area contributed by atoms with Crippen LogP contribution < -0.4 is 4.74 Å². The second-order valence-corrected chi connectivity index (χ2v) is 8.03. The van der Waals surface area contributed by atoms with E-state index in [-0.39, 0.29) is 18.4 Å². The van der Waals surface area contributed by atoms with E-state index in [4.69, 9.17) is 4.74 Å². The average Bonchev–Trinajstić information content (AvgIpc) is 3.01. The van der Waals surface area contributed by atoms with E-state index in [2.05, 4.69) is 11.8 Å². The molecule has 0 unspecified atom stereocenters. The highest BCUT2D eigenvalue weighted by molar-refractivity contribution is 6.35. The van der Waals surface area contributed by atoms with Gasteiger partial charge in [-0.05, 0) is 48.9 Å². The van der Waals surface area contributed by atoms with Crippen molar-refractivity contribution in [1.29, 1.82) is 0 Å². The van der Waals surface area contributed by atoms with Crippen LogP contribution in [0.5, 0.6) is 5.75 Å². The molecule has 2 heterocycles. The van der Waals surface area contributed by atoms with Crippen molar-refractivity contribution in [2.75, 3.05) is 19.7 Å². The van der Waals surface area contributed by atoms with Gasteiger partial charge in [-0.25, -0.2) is 0 Å². The number of benzene rings is 2. The first-order valence-corrected chi connectivity index (χ1v) is 10.7. The van der Waals surface area contributed by atoms with Crippen molar-refractivity contribution in [1.82, 2.24) is 9.80 Å². The van der Waals surface area contributed by atoms with Crippen molar-refractivity contribution in [3.8, 4) is 5.75 Å². The number of nitrogens with zero attached hydrogens (tertiary/aromatic N) is 2. The van der Waals surface area contributed by atoms with Gasteiger partial charge in [0.25, 0.3) is 11.8 Å². The zero-order valence-corrected chi connectivity index (χ0v) is 17.6. The Morgan fingerprint density at radius 1 is 0.933 bits per heavy atom. The molecule has 0 saturated carbocycles. The SMILES string of the molecule is CCOc1ccc(C2=C(N3CCC(C)CC3)C(=O)N(Cc3ccccc3)C2=O)cc1. The van der Waals surface area contributed by atoms with Gasteiger partial charge in [-0.3, -0.25) is 14.5 Å². The minimum Gasteiger partial charge on any atom is -0.494 e. The molecule has 0 aliphatic carbocycles. The smallest absolute Gasteiger partial charge is 0.278 e. The number of piperidine rings is 1. The summed E-state index contributed by atoms with van der Waals surface area (Å²) in [5.74, 6) is 0.987. The standard InChI is InChI=1S/C25H28N2O3/c1-3-30-21-11-9-20(10-12-21)22-23(26-15-13-18(2)14-16-26)25(29)27(24(22)28)17-19-7-5-4-6-8-19/h4-12,18H,3,13-17H2,1-2H3. The molecule has 0 bridgehead atoms. The summed E-state index contributed by atoms with van der Waals surface area (Å²) >= 11 is 0. The lowest BCUT2D eigenvalue weighted by molar-refractivity contribution is -0.138. The number of carbonyl (C=O) groups excluding carboxylic acids is 2. The second kappa shape index (κ2) is 8.74. The molecule has 2 aliphatic heterocycles. The molecule has 2 aliphatic rings. The molecule has 2 aromatic rings. The Balaban J connectivity index is 1.70. The summed E-state index contributed by atoms with van der Waals surface area (Å²) in [6, 6.07) is 17.1. The van der Waals surface area contributed by atoms with E-state index in [0.29, 0.717) is 23.8 Å². The maximum atomic E-state index is 13.4. The quantitative estimate of drug-likeness (QED) is 0.681. The summed E-state index contributed by atoms with van der Waals surface area (Å²) in [5.41, 5.74) is 2.76. The Kier molecular flexibility index (Phi) is 5.88. The molecular formula is C25H28N2O3. The van der Waals surface area contributed by atoms with Gasteiger partial charge in [0.15, 0.2) is 0 Å². The van der Waals surface area contributed by atoms with Crippen molar-refractivity contribution in [2.24, 2.45) is 5.92 Å². The first kappa shape index (κ1) is 20.2. The van der Waals surface area contributed by atoms with Gasteiger partial charge < -0.3 is 9.64 Å². The molecule has 2 amide bonds. The van der Waals surface area contributed by atoms with E-state index in [1.807, 2.05) is 61.5 Å². The molecule has 0 aromatic heterocycles. The van der Waals surface area contributed by atoms with Crippen LogP contribution in [0.25, 0.3) is 5.57 Å². The number of hydrogen-bond donors (Lipinski definition) is 0. The van der Waals surface area contributed by atoms with Crippen LogP contribution in [0, 0.1) is 5.92 Å². The third kappa shape index (κ3) is 3.97. The van der Waals surface area contributed by atoms with Crippen molar-refractivity contribution >= 4 is 17.4 Å². The molecule has 0 spiro atoms. The Labute approximate surface area is 177 Å². The lowest BCUT2D eigenvalue weighted by Crippen LogP contribution is -2.38. The lowest BCUT2D eigenvalue weighted by atomic mass is 9.97. The van der Waals surface area contributed by atoms with Crippen molar-refractivity contribution in [3.05, 3.63) is 71.4 Å². The van der Waals surface area contributed by atoms with Gasteiger partial charge in [0.05, 0.1) is 18.7 Å². The van der Waals surface area contributed by atoms with Gasteiger partial charge in [0.2, 0.25) is 0 Å². The van der Waals surface area contributed by atoms with E-state index >= 15 is 0 Å². The van der Waals surface area contributed by atoms with E-state index in [1.54, 1.807) is 0 Å². The largest absolute Gasteiger partial charge is 0.494 e. The number of amides is 2. The van der Waals surface area contributed by atoms with Crippen LogP contribution >= 0.6 is 0 Å². The summed E-state index contributed by atoms with van der Waals surface area (Å²) < 4.78 is 5.54. The number of imide groups is 1. The molecule has 2 aromatic carbocycles. The summed E-state index contributed by atoms with van der Waals surface area (Å²) in [6.07, 6.45) is 2.06. The summed E-state index contributed by atoms with van der Waals surface area (Å²) in [5, 5.41) is 0. The van der Waals surface area contributed by atoms with Gasteiger partial charge in [0.1, 0.15) is 11.4 Å². The maximum absolute atomic E-state index is 13.4. The molecule has 1 fully saturated rings.